The molecular weight excluding hydrogens is 308 g/mol. The molecule has 122 valence electrons. The van der Waals surface area contributed by atoms with Crippen molar-refractivity contribution in [1.29, 1.82) is 0 Å². The lowest BCUT2D eigenvalue weighted by atomic mass is 10.1. The highest BCUT2D eigenvalue weighted by molar-refractivity contribution is 5.88. The van der Waals surface area contributed by atoms with Crippen LogP contribution in [0.3, 0.4) is 0 Å². The molecular formula is C16H15F2NO4. The smallest absolute Gasteiger partial charge is 0.339 e. The summed E-state index contributed by atoms with van der Waals surface area (Å²) in [4.78, 5) is 22.6. The minimum Gasteiger partial charge on any atom is -0.478 e. The van der Waals surface area contributed by atoms with Gasteiger partial charge in [-0.2, -0.15) is 0 Å². The highest BCUT2D eigenvalue weighted by Crippen LogP contribution is 2.15. The Balaban J connectivity index is 1.87. The number of nitrogens with one attached hydrogen (secondary N) is 1. The van der Waals surface area contributed by atoms with Crippen LogP contribution >= 0.6 is 0 Å². The first kappa shape index (κ1) is 16.7. The van der Waals surface area contributed by atoms with E-state index in [0.29, 0.717) is 5.76 Å². The molecule has 1 amide bonds. The van der Waals surface area contributed by atoms with E-state index in [0.717, 1.165) is 6.07 Å². The van der Waals surface area contributed by atoms with Crippen molar-refractivity contribution in [2.75, 3.05) is 0 Å². The molecule has 0 fully saturated rings. The quantitative estimate of drug-likeness (QED) is 0.857. The van der Waals surface area contributed by atoms with Gasteiger partial charge in [0.05, 0.1) is 6.54 Å². The second kappa shape index (κ2) is 7.04. The number of rotatable bonds is 6. The second-order valence-electron chi connectivity index (χ2n) is 4.98. The van der Waals surface area contributed by atoms with Crippen LogP contribution in [0.5, 0.6) is 0 Å². The fraction of sp³-hybridized carbons (Fsp3) is 0.250. The van der Waals surface area contributed by atoms with Crippen LogP contribution in [0, 0.1) is 18.6 Å². The molecule has 7 heteroatoms. The van der Waals surface area contributed by atoms with E-state index in [2.05, 4.69) is 5.32 Å². The monoisotopic (exact) mass is 323 g/mol. The van der Waals surface area contributed by atoms with Crippen molar-refractivity contribution in [1.82, 2.24) is 5.32 Å². The number of carbonyl (C=O) groups excluding carboxylic acids is 1. The largest absolute Gasteiger partial charge is 0.478 e. The molecule has 0 aliphatic carbocycles. The SMILES string of the molecule is Cc1oc(CNC(=O)CCc2cccc(F)c2F)cc1C(=O)O. The summed E-state index contributed by atoms with van der Waals surface area (Å²) in [5, 5.41) is 11.4. The molecule has 2 rings (SSSR count). The standard InChI is InChI=1S/C16H15F2NO4/c1-9-12(16(21)22)7-11(23-9)8-19-14(20)6-5-10-3-2-4-13(17)15(10)18/h2-4,7H,5-6,8H2,1H3,(H,19,20)(H,21,22). The molecule has 0 spiro atoms. The van der Waals surface area contributed by atoms with E-state index < -0.39 is 17.6 Å². The van der Waals surface area contributed by atoms with Gasteiger partial charge in [-0.3, -0.25) is 4.79 Å². The fourth-order valence-electron chi connectivity index (χ4n) is 2.11. The highest BCUT2D eigenvalue weighted by atomic mass is 19.2. The van der Waals surface area contributed by atoms with Crippen molar-refractivity contribution in [3.63, 3.8) is 0 Å². The van der Waals surface area contributed by atoms with Crippen LogP contribution in [-0.4, -0.2) is 17.0 Å². The third-order valence-electron chi connectivity index (χ3n) is 3.31. The number of aryl methyl sites for hydroxylation is 2. The van der Waals surface area contributed by atoms with Crippen molar-refractivity contribution in [3.05, 3.63) is 58.5 Å². The number of aromatic carboxylic acids is 1. The normalized spacial score (nSPS) is 10.6. The third kappa shape index (κ3) is 4.15. The van der Waals surface area contributed by atoms with E-state index >= 15 is 0 Å². The summed E-state index contributed by atoms with van der Waals surface area (Å²) < 4.78 is 31.7. The van der Waals surface area contributed by atoms with Gasteiger partial charge in [-0.1, -0.05) is 12.1 Å². The van der Waals surface area contributed by atoms with Gasteiger partial charge in [0.15, 0.2) is 11.6 Å². The summed E-state index contributed by atoms with van der Waals surface area (Å²) in [6.45, 7) is 1.54. The van der Waals surface area contributed by atoms with Gasteiger partial charge in [0, 0.05) is 6.42 Å². The zero-order chi connectivity index (χ0) is 17.0. The van der Waals surface area contributed by atoms with Gasteiger partial charge in [0.1, 0.15) is 17.1 Å². The average molecular weight is 323 g/mol. The third-order valence-corrected chi connectivity index (χ3v) is 3.31. The predicted octanol–water partition coefficient (Wildman–Crippen LogP) is 2.81. The number of carbonyl (C=O) groups is 2. The summed E-state index contributed by atoms with van der Waals surface area (Å²) in [5.41, 5.74) is 0.165. The Hall–Kier alpha value is -2.70. The lowest BCUT2D eigenvalue weighted by molar-refractivity contribution is -0.121. The van der Waals surface area contributed by atoms with Gasteiger partial charge < -0.3 is 14.8 Å². The maximum absolute atomic E-state index is 13.4. The molecule has 0 bridgehead atoms. The maximum Gasteiger partial charge on any atom is 0.339 e. The van der Waals surface area contributed by atoms with Crippen LogP contribution in [-0.2, 0) is 17.8 Å². The van der Waals surface area contributed by atoms with Crippen LogP contribution in [0.2, 0.25) is 0 Å². The number of amides is 1. The number of carboxylic acid groups (broad SMARTS) is 1. The number of hydrogen-bond acceptors (Lipinski definition) is 3. The van der Waals surface area contributed by atoms with Crippen molar-refractivity contribution in [3.8, 4) is 0 Å². The fourth-order valence-corrected chi connectivity index (χ4v) is 2.11. The Morgan fingerprint density at radius 2 is 2.04 bits per heavy atom. The van der Waals surface area contributed by atoms with Crippen molar-refractivity contribution in [2.24, 2.45) is 0 Å². The van der Waals surface area contributed by atoms with Crippen LogP contribution < -0.4 is 5.32 Å². The Labute approximate surface area is 130 Å². The van der Waals surface area contributed by atoms with E-state index in [4.69, 9.17) is 9.52 Å². The van der Waals surface area contributed by atoms with Gasteiger partial charge in [0.2, 0.25) is 5.91 Å². The van der Waals surface area contributed by atoms with Gasteiger partial charge >= 0.3 is 5.97 Å². The number of hydrogen-bond donors (Lipinski definition) is 2. The predicted molar refractivity (Wildman–Crippen MR) is 76.9 cm³/mol. The van der Waals surface area contributed by atoms with Gasteiger partial charge in [-0.25, -0.2) is 13.6 Å². The first-order valence-corrected chi connectivity index (χ1v) is 6.90. The van der Waals surface area contributed by atoms with Gasteiger partial charge in [0.25, 0.3) is 0 Å². The number of carboxylic acids is 1. The summed E-state index contributed by atoms with van der Waals surface area (Å²) in [6.07, 6.45) is 0.0405. The molecule has 0 atom stereocenters. The highest BCUT2D eigenvalue weighted by Gasteiger charge is 2.14. The molecule has 0 saturated carbocycles. The minimum atomic E-state index is -1.11. The van der Waals surface area contributed by atoms with Crippen molar-refractivity contribution < 1.29 is 27.9 Å². The van der Waals surface area contributed by atoms with Crippen LogP contribution in [0.1, 0.15) is 33.9 Å². The van der Waals surface area contributed by atoms with E-state index in [-0.39, 0.29) is 42.2 Å². The van der Waals surface area contributed by atoms with Gasteiger partial charge in [-0.05, 0) is 31.0 Å². The van der Waals surface area contributed by atoms with Crippen LogP contribution in [0.4, 0.5) is 8.78 Å². The molecule has 1 aromatic heterocycles. The molecule has 1 aromatic carbocycles. The molecule has 2 N–H and O–H groups in total. The topological polar surface area (TPSA) is 79.5 Å². The summed E-state index contributed by atoms with van der Waals surface area (Å²) in [7, 11) is 0. The van der Waals surface area contributed by atoms with Gasteiger partial charge in [-0.15, -0.1) is 0 Å². The van der Waals surface area contributed by atoms with Crippen molar-refractivity contribution >= 4 is 11.9 Å². The lowest BCUT2D eigenvalue weighted by Gasteiger charge is -2.05. The summed E-state index contributed by atoms with van der Waals surface area (Å²) in [5.74, 6) is -2.82. The Kier molecular flexibility index (Phi) is 5.10. The average Bonchev–Trinajstić information content (AvgIpc) is 2.88. The zero-order valence-electron chi connectivity index (χ0n) is 12.4. The first-order chi connectivity index (χ1) is 10.9. The van der Waals surface area contributed by atoms with E-state index in [1.54, 1.807) is 0 Å². The lowest BCUT2D eigenvalue weighted by Crippen LogP contribution is -2.23. The van der Waals surface area contributed by atoms with Crippen LogP contribution in [0.25, 0.3) is 0 Å². The number of halogens is 2. The number of benzene rings is 1. The second-order valence-corrected chi connectivity index (χ2v) is 4.98. The Morgan fingerprint density at radius 1 is 1.30 bits per heavy atom. The van der Waals surface area contributed by atoms with E-state index in [1.807, 2.05) is 0 Å². The Morgan fingerprint density at radius 3 is 2.70 bits per heavy atom. The van der Waals surface area contributed by atoms with E-state index in [1.165, 1.54) is 25.1 Å². The molecule has 2 aromatic rings. The minimum absolute atomic E-state index is 0.0220. The first-order valence-electron chi connectivity index (χ1n) is 6.90. The Bertz CT molecular complexity index is 740. The molecule has 0 radical (unpaired) electrons. The number of furan rings is 1. The molecule has 0 aliphatic heterocycles. The molecule has 0 aliphatic rings. The zero-order valence-corrected chi connectivity index (χ0v) is 12.4. The molecule has 0 saturated heterocycles. The summed E-state index contributed by atoms with van der Waals surface area (Å²) >= 11 is 0. The molecule has 23 heavy (non-hydrogen) atoms. The van der Waals surface area contributed by atoms with Crippen molar-refractivity contribution in [2.45, 2.75) is 26.3 Å². The van der Waals surface area contributed by atoms with Crippen LogP contribution in [0.15, 0.2) is 28.7 Å². The van der Waals surface area contributed by atoms with E-state index in [9.17, 15) is 18.4 Å². The summed E-state index contributed by atoms with van der Waals surface area (Å²) in [6, 6.07) is 5.15. The maximum atomic E-state index is 13.4. The molecule has 0 unspecified atom stereocenters. The molecule has 5 nitrogen and oxygen atoms in total. The molecule has 1 heterocycles.